The van der Waals surface area contributed by atoms with E-state index < -0.39 is 0 Å². The van der Waals surface area contributed by atoms with Crippen LogP contribution in [-0.2, 0) is 9.47 Å². The Morgan fingerprint density at radius 2 is 2.30 bits per heavy atom. The molecule has 0 amide bonds. The summed E-state index contributed by atoms with van der Waals surface area (Å²) in [5.74, 6) is 0. The summed E-state index contributed by atoms with van der Waals surface area (Å²) in [5.41, 5.74) is 2.52. The second-order valence-electron chi connectivity index (χ2n) is 1.74. The van der Waals surface area contributed by atoms with E-state index in [0.717, 1.165) is 19.6 Å². The van der Waals surface area contributed by atoms with Crippen molar-refractivity contribution in [3.8, 4) is 0 Å². The van der Waals surface area contributed by atoms with Crippen molar-refractivity contribution in [2.24, 2.45) is 0 Å². The minimum atomic E-state index is 0.683. The Labute approximate surface area is 62.1 Å². The van der Waals surface area contributed by atoms with Gasteiger partial charge in [0.1, 0.15) is 6.26 Å². The van der Waals surface area contributed by atoms with E-state index in [1.807, 2.05) is 6.92 Å². The van der Waals surface area contributed by atoms with Gasteiger partial charge in [-0.2, -0.15) is 0 Å². The molecule has 0 saturated heterocycles. The normalized spacial score (nSPS) is 8.50. The van der Waals surface area contributed by atoms with Crippen molar-refractivity contribution in [3.05, 3.63) is 18.6 Å². The summed E-state index contributed by atoms with van der Waals surface area (Å²) in [5, 5.41) is 0. The van der Waals surface area contributed by atoms with Crippen molar-refractivity contribution in [3.63, 3.8) is 0 Å². The Hall–Kier alpha value is -0.720. The van der Waals surface area contributed by atoms with Crippen LogP contribution in [0.5, 0.6) is 0 Å². The molecule has 0 N–H and O–H groups in total. The third-order valence-corrected chi connectivity index (χ3v) is 0.922. The predicted octanol–water partition coefficient (Wildman–Crippen LogP) is 1.73. The lowest BCUT2D eigenvalue weighted by Crippen LogP contribution is -1.97. The van der Waals surface area contributed by atoms with Crippen molar-refractivity contribution in [2.45, 2.75) is 13.3 Å². The fourth-order valence-corrected chi connectivity index (χ4v) is 0.507. The van der Waals surface area contributed by atoms with Gasteiger partial charge in [0.15, 0.2) is 0 Å². The fourth-order valence-electron chi connectivity index (χ4n) is 0.507. The Bertz CT molecular complexity index is 104. The molecule has 10 heavy (non-hydrogen) atoms. The van der Waals surface area contributed by atoms with Crippen LogP contribution >= 0.6 is 0 Å². The summed E-state index contributed by atoms with van der Waals surface area (Å²) in [6.45, 7) is 7.56. The molecule has 0 saturated carbocycles. The molecule has 0 aliphatic heterocycles. The minimum Gasteiger partial charge on any atom is -0.493 e. The molecule has 0 aliphatic carbocycles. The second kappa shape index (κ2) is 8.28. The maximum Gasteiger partial charge on any atom is 0.124 e. The topological polar surface area (TPSA) is 18.5 Å². The first-order valence-electron chi connectivity index (χ1n) is 3.45. The van der Waals surface area contributed by atoms with Gasteiger partial charge in [-0.1, -0.05) is 12.3 Å². The third kappa shape index (κ3) is 7.28. The molecule has 0 heterocycles. The highest BCUT2D eigenvalue weighted by atomic mass is 16.5. The largest absolute Gasteiger partial charge is 0.493 e. The van der Waals surface area contributed by atoms with E-state index in [9.17, 15) is 0 Å². The Kier molecular flexibility index (Phi) is 7.68. The zero-order valence-corrected chi connectivity index (χ0v) is 6.43. The van der Waals surface area contributed by atoms with Crippen molar-refractivity contribution in [1.82, 2.24) is 0 Å². The van der Waals surface area contributed by atoms with Crippen LogP contribution in [0, 0.1) is 0 Å². The lowest BCUT2D eigenvalue weighted by Gasteiger charge is -1.99. The van der Waals surface area contributed by atoms with Gasteiger partial charge < -0.3 is 9.47 Å². The SMILES string of the molecule is C=C=COCCCOCC. The van der Waals surface area contributed by atoms with Gasteiger partial charge in [0, 0.05) is 19.6 Å². The first-order valence-corrected chi connectivity index (χ1v) is 3.45. The van der Waals surface area contributed by atoms with Crippen LogP contribution in [0.25, 0.3) is 0 Å². The summed E-state index contributed by atoms with van der Waals surface area (Å²) in [4.78, 5) is 0. The number of hydrogen-bond acceptors (Lipinski definition) is 2. The molecule has 0 bridgehead atoms. The van der Waals surface area contributed by atoms with E-state index >= 15 is 0 Å². The van der Waals surface area contributed by atoms with E-state index in [-0.39, 0.29) is 0 Å². The molecule has 0 aromatic rings. The Morgan fingerprint density at radius 1 is 1.50 bits per heavy atom. The molecule has 0 fully saturated rings. The average Bonchev–Trinajstić information content (AvgIpc) is 1.97. The van der Waals surface area contributed by atoms with Gasteiger partial charge in [-0.15, -0.1) is 0 Å². The van der Waals surface area contributed by atoms with Crippen molar-refractivity contribution >= 4 is 0 Å². The summed E-state index contributed by atoms with van der Waals surface area (Å²) in [7, 11) is 0. The lowest BCUT2D eigenvalue weighted by molar-refractivity contribution is 0.122. The van der Waals surface area contributed by atoms with Gasteiger partial charge in [0.25, 0.3) is 0 Å². The van der Waals surface area contributed by atoms with E-state index in [1.54, 1.807) is 0 Å². The standard InChI is InChI=1S/C8H14O2/c1-3-6-10-8-5-7-9-4-2/h6H,1,4-5,7-8H2,2H3. The highest BCUT2D eigenvalue weighted by molar-refractivity contribution is 4.63. The first kappa shape index (κ1) is 9.28. The van der Waals surface area contributed by atoms with E-state index in [0.29, 0.717) is 6.61 Å². The maximum atomic E-state index is 5.08. The molecule has 0 aliphatic rings. The van der Waals surface area contributed by atoms with Gasteiger partial charge >= 0.3 is 0 Å². The second-order valence-corrected chi connectivity index (χ2v) is 1.74. The molecule has 0 rings (SSSR count). The van der Waals surface area contributed by atoms with Crippen molar-refractivity contribution in [2.75, 3.05) is 19.8 Å². The summed E-state index contributed by atoms with van der Waals surface area (Å²) in [6.07, 6.45) is 2.39. The predicted molar refractivity (Wildman–Crippen MR) is 40.8 cm³/mol. The average molecular weight is 142 g/mol. The molecule has 2 nitrogen and oxygen atoms in total. The van der Waals surface area contributed by atoms with E-state index in [1.165, 1.54) is 6.26 Å². The molecule has 0 radical (unpaired) electrons. The third-order valence-electron chi connectivity index (χ3n) is 0.922. The van der Waals surface area contributed by atoms with Gasteiger partial charge in [0.2, 0.25) is 0 Å². The number of ether oxygens (including phenoxy) is 2. The Balaban J connectivity index is 2.83. The highest BCUT2D eigenvalue weighted by Gasteiger charge is 1.84. The van der Waals surface area contributed by atoms with E-state index in [4.69, 9.17) is 9.47 Å². The molecule has 0 spiro atoms. The van der Waals surface area contributed by atoms with Crippen LogP contribution < -0.4 is 0 Å². The van der Waals surface area contributed by atoms with Gasteiger partial charge in [-0.25, -0.2) is 0 Å². The Morgan fingerprint density at radius 3 is 2.90 bits per heavy atom. The monoisotopic (exact) mass is 142 g/mol. The zero-order chi connectivity index (χ0) is 7.66. The van der Waals surface area contributed by atoms with Crippen LogP contribution in [0.15, 0.2) is 18.6 Å². The molecule has 58 valence electrons. The number of rotatable bonds is 6. The summed E-state index contributed by atoms with van der Waals surface area (Å²) >= 11 is 0. The maximum absolute atomic E-state index is 5.08. The van der Waals surface area contributed by atoms with Crippen LogP contribution in [0.2, 0.25) is 0 Å². The lowest BCUT2D eigenvalue weighted by atomic mass is 10.5. The fraction of sp³-hybridized carbons (Fsp3) is 0.625. The molecule has 0 aromatic heterocycles. The van der Waals surface area contributed by atoms with Gasteiger partial charge in [-0.05, 0) is 6.92 Å². The summed E-state index contributed by atoms with van der Waals surface area (Å²) < 4.78 is 10.0. The highest BCUT2D eigenvalue weighted by Crippen LogP contribution is 1.84. The van der Waals surface area contributed by atoms with Crippen molar-refractivity contribution in [1.29, 1.82) is 0 Å². The van der Waals surface area contributed by atoms with Gasteiger partial charge in [-0.3, -0.25) is 0 Å². The first-order chi connectivity index (χ1) is 4.91. The van der Waals surface area contributed by atoms with Crippen LogP contribution in [0.3, 0.4) is 0 Å². The molecular formula is C8H14O2. The molecular weight excluding hydrogens is 128 g/mol. The van der Waals surface area contributed by atoms with Gasteiger partial charge in [0.05, 0.1) is 6.61 Å². The molecule has 0 aromatic carbocycles. The van der Waals surface area contributed by atoms with Crippen molar-refractivity contribution < 1.29 is 9.47 Å². The quantitative estimate of drug-likeness (QED) is 0.319. The van der Waals surface area contributed by atoms with Crippen LogP contribution in [-0.4, -0.2) is 19.8 Å². The van der Waals surface area contributed by atoms with Crippen LogP contribution in [0.1, 0.15) is 13.3 Å². The molecule has 2 heteroatoms. The summed E-state index contributed by atoms with van der Waals surface area (Å²) in [6, 6.07) is 0. The number of hydrogen-bond donors (Lipinski definition) is 0. The molecule has 0 atom stereocenters. The smallest absolute Gasteiger partial charge is 0.124 e. The van der Waals surface area contributed by atoms with E-state index in [2.05, 4.69) is 12.3 Å². The molecule has 0 unspecified atom stereocenters. The van der Waals surface area contributed by atoms with Crippen LogP contribution in [0.4, 0.5) is 0 Å². The zero-order valence-electron chi connectivity index (χ0n) is 6.43. The minimum absolute atomic E-state index is 0.683.